The molecule has 5 amide bonds. The predicted molar refractivity (Wildman–Crippen MR) is 128 cm³/mol. The minimum atomic E-state index is -1.94. The van der Waals surface area contributed by atoms with Gasteiger partial charge in [0, 0.05) is 25.5 Å². The van der Waals surface area contributed by atoms with Crippen molar-refractivity contribution in [3.63, 3.8) is 0 Å². The van der Waals surface area contributed by atoms with Gasteiger partial charge in [0.15, 0.2) is 0 Å². The first-order valence-electron chi connectivity index (χ1n) is 12.0. The zero-order valence-corrected chi connectivity index (χ0v) is 20.0. The van der Waals surface area contributed by atoms with Crippen LogP contribution in [-0.2, 0) is 25.7 Å². The van der Waals surface area contributed by atoms with Gasteiger partial charge in [-0.15, -0.1) is 0 Å². The molecule has 2 aromatic rings. The summed E-state index contributed by atoms with van der Waals surface area (Å²) < 4.78 is 17.0. The number of hydrogen-bond acceptors (Lipinski definition) is 7. The summed E-state index contributed by atoms with van der Waals surface area (Å²) in [5.74, 6) is -0.0571. The molecule has 1 saturated heterocycles. The van der Waals surface area contributed by atoms with E-state index in [4.69, 9.17) is 14.2 Å². The average molecular weight is 496 g/mol. The zero-order valence-electron chi connectivity index (χ0n) is 20.0. The molecular weight excluding hydrogens is 466 g/mol. The number of amides is 5. The second kappa shape index (κ2) is 11.2. The standard InChI is InChI=1S/C26H29N3O7/c1-2-34-15-14-26(23(31)28-25(33)29-24(26)32)36-21-12-10-20(11-13-21)35-19-8-6-17(7-9-19)16-27-22(30)18-4-3-5-18/h6-13,18H,2-5,14-16H2,1H3,(H,27,30)(H2,28,29,31,32,33). The highest BCUT2D eigenvalue weighted by Gasteiger charge is 2.52. The molecule has 10 heteroatoms. The molecule has 3 N–H and O–H groups in total. The first-order valence-corrected chi connectivity index (χ1v) is 12.0. The van der Waals surface area contributed by atoms with Crippen molar-refractivity contribution >= 4 is 23.8 Å². The molecule has 0 atom stereocenters. The molecule has 4 rings (SSSR count). The highest BCUT2D eigenvalue weighted by atomic mass is 16.5. The predicted octanol–water partition coefficient (Wildman–Crippen LogP) is 2.81. The SMILES string of the molecule is CCOCCC1(Oc2ccc(Oc3ccc(CNC(=O)C4CCC4)cc3)cc2)C(=O)NC(=O)NC1=O. The molecule has 36 heavy (non-hydrogen) atoms. The maximum Gasteiger partial charge on any atom is 0.328 e. The smallest absolute Gasteiger partial charge is 0.328 e. The molecular formula is C26H29N3O7. The Labute approximate surface area is 208 Å². The number of rotatable bonds is 11. The Morgan fingerprint density at radius 3 is 2.08 bits per heavy atom. The van der Waals surface area contributed by atoms with Gasteiger partial charge in [0.05, 0.1) is 6.61 Å². The van der Waals surface area contributed by atoms with Crippen LogP contribution in [0.15, 0.2) is 48.5 Å². The quantitative estimate of drug-likeness (QED) is 0.323. The van der Waals surface area contributed by atoms with Gasteiger partial charge in [0.2, 0.25) is 5.91 Å². The van der Waals surface area contributed by atoms with Crippen LogP contribution in [0.4, 0.5) is 4.79 Å². The number of hydrogen-bond donors (Lipinski definition) is 3. The van der Waals surface area contributed by atoms with E-state index in [0.29, 0.717) is 24.7 Å². The Balaban J connectivity index is 1.36. The van der Waals surface area contributed by atoms with E-state index in [9.17, 15) is 19.2 Å². The molecule has 0 spiro atoms. The van der Waals surface area contributed by atoms with E-state index < -0.39 is 23.4 Å². The Bertz CT molecular complexity index is 1090. The number of urea groups is 1. The zero-order chi connectivity index (χ0) is 25.5. The van der Waals surface area contributed by atoms with Crippen molar-refractivity contribution in [2.45, 2.75) is 44.8 Å². The summed E-state index contributed by atoms with van der Waals surface area (Å²) in [5.41, 5.74) is -0.964. The van der Waals surface area contributed by atoms with E-state index in [2.05, 4.69) is 16.0 Å². The Morgan fingerprint density at radius 1 is 0.944 bits per heavy atom. The van der Waals surface area contributed by atoms with E-state index in [1.165, 1.54) is 0 Å². The van der Waals surface area contributed by atoms with E-state index in [0.717, 1.165) is 24.8 Å². The number of carbonyl (C=O) groups is 4. The van der Waals surface area contributed by atoms with Gasteiger partial charge in [-0.25, -0.2) is 4.79 Å². The Kier molecular flexibility index (Phi) is 7.84. The minimum Gasteiger partial charge on any atom is -0.467 e. The Morgan fingerprint density at radius 2 is 1.53 bits per heavy atom. The summed E-state index contributed by atoms with van der Waals surface area (Å²) >= 11 is 0. The summed E-state index contributed by atoms with van der Waals surface area (Å²) in [6.07, 6.45) is 2.99. The van der Waals surface area contributed by atoms with Crippen molar-refractivity contribution in [2.24, 2.45) is 5.92 Å². The molecule has 2 fully saturated rings. The fourth-order valence-corrected chi connectivity index (χ4v) is 3.87. The molecule has 0 radical (unpaired) electrons. The number of carbonyl (C=O) groups excluding carboxylic acids is 4. The van der Waals surface area contributed by atoms with E-state index in [1.807, 2.05) is 24.3 Å². The van der Waals surface area contributed by atoms with Gasteiger partial charge < -0.3 is 19.5 Å². The third-order valence-corrected chi connectivity index (χ3v) is 6.21. The third kappa shape index (κ3) is 5.83. The van der Waals surface area contributed by atoms with Gasteiger partial charge >= 0.3 is 6.03 Å². The van der Waals surface area contributed by atoms with Crippen LogP contribution in [0.1, 0.15) is 38.2 Å². The molecule has 2 aliphatic rings. The van der Waals surface area contributed by atoms with Crippen LogP contribution in [0.3, 0.4) is 0 Å². The van der Waals surface area contributed by atoms with Crippen molar-refractivity contribution in [3.05, 3.63) is 54.1 Å². The van der Waals surface area contributed by atoms with Crippen LogP contribution >= 0.6 is 0 Å². The number of barbiturate groups is 1. The lowest BCUT2D eigenvalue weighted by Gasteiger charge is -2.34. The van der Waals surface area contributed by atoms with Crippen molar-refractivity contribution in [2.75, 3.05) is 13.2 Å². The summed E-state index contributed by atoms with van der Waals surface area (Å²) in [6, 6.07) is 12.9. The molecule has 1 saturated carbocycles. The van der Waals surface area contributed by atoms with Gasteiger partial charge in [-0.3, -0.25) is 25.0 Å². The lowest BCUT2D eigenvalue weighted by atomic mass is 9.85. The summed E-state index contributed by atoms with van der Waals surface area (Å²) in [6.45, 7) is 2.76. The fourth-order valence-electron chi connectivity index (χ4n) is 3.87. The van der Waals surface area contributed by atoms with Crippen molar-refractivity contribution in [3.8, 4) is 17.2 Å². The van der Waals surface area contributed by atoms with Gasteiger partial charge in [0.1, 0.15) is 17.2 Å². The largest absolute Gasteiger partial charge is 0.467 e. The van der Waals surface area contributed by atoms with E-state index >= 15 is 0 Å². The van der Waals surface area contributed by atoms with Crippen LogP contribution in [-0.4, -0.2) is 42.6 Å². The number of imide groups is 2. The Hall–Kier alpha value is -3.92. The molecule has 0 unspecified atom stereocenters. The van der Waals surface area contributed by atoms with Crippen LogP contribution in [0.25, 0.3) is 0 Å². The average Bonchev–Trinajstić information content (AvgIpc) is 2.82. The lowest BCUT2D eigenvalue weighted by Crippen LogP contribution is -2.69. The van der Waals surface area contributed by atoms with Gasteiger partial charge in [-0.05, 0) is 61.7 Å². The van der Waals surface area contributed by atoms with Gasteiger partial charge in [-0.2, -0.15) is 0 Å². The number of benzene rings is 2. The maximum absolute atomic E-state index is 12.6. The van der Waals surface area contributed by atoms with Gasteiger partial charge in [0.25, 0.3) is 17.4 Å². The van der Waals surface area contributed by atoms with Crippen LogP contribution < -0.4 is 25.4 Å². The highest BCUT2D eigenvalue weighted by molar-refractivity contribution is 6.21. The summed E-state index contributed by atoms with van der Waals surface area (Å²) in [5, 5.41) is 7.13. The van der Waals surface area contributed by atoms with E-state index in [1.54, 1.807) is 31.2 Å². The molecule has 0 aromatic heterocycles. The first kappa shape index (κ1) is 25.2. The number of nitrogens with one attached hydrogen (secondary N) is 3. The highest BCUT2D eigenvalue weighted by Crippen LogP contribution is 2.29. The van der Waals surface area contributed by atoms with Crippen LogP contribution in [0, 0.1) is 5.92 Å². The topological polar surface area (TPSA) is 132 Å². The molecule has 190 valence electrons. The molecule has 1 aliphatic heterocycles. The third-order valence-electron chi connectivity index (χ3n) is 6.21. The minimum absolute atomic E-state index is 0.0719. The molecule has 0 bridgehead atoms. The van der Waals surface area contributed by atoms with Crippen molar-refractivity contribution < 1.29 is 33.4 Å². The monoisotopic (exact) mass is 495 g/mol. The van der Waals surface area contributed by atoms with Crippen molar-refractivity contribution in [1.82, 2.24) is 16.0 Å². The summed E-state index contributed by atoms with van der Waals surface area (Å²) in [4.78, 5) is 48.7. The second-order valence-corrected chi connectivity index (χ2v) is 8.68. The molecule has 2 aromatic carbocycles. The van der Waals surface area contributed by atoms with Gasteiger partial charge in [-0.1, -0.05) is 18.6 Å². The van der Waals surface area contributed by atoms with Crippen molar-refractivity contribution in [1.29, 1.82) is 0 Å². The fraction of sp³-hybridized carbons (Fsp3) is 0.385. The van der Waals surface area contributed by atoms with Crippen LogP contribution in [0.5, 0.6) is 17.2 Å². The van der Waals surface area contributed by atoms with Crippen LogP contribution in [0.2, 0.25) is 0 Å². The maximum atomic E-state index is 12.6. The normalized spacial score (nSPS) is 17.0. The molecule has 1 heterocycles. The van der Waals surface area contributed by atoms with E-state index in [-0.39, 0.29) is 30.6 Å². The second-order valence-electron chi connectivity index (χ2n) is 8.68. The summed E-state index contributed by atoms with van der Waals surface area (Å²) in [7, 11) is 0. The lowest BCUT2D eigenvalue weighted by molar-refractivity contribution is -0.153. The molecule has 10 nitrogen and oxygen atoms in total. The molecule has 1 aliphatic carbocycles. The number of ether oxygens (including phenoxy) is 3. The first-order chi connectivity index (χ1) is 17.4.